The van der Waals surface area contributed by atoms with Gasteiger partial charge in [0.15, 0.2) is 11.6 Å². The van der Waals surface area contributed by atoms with Crippen LogP contribution in [0.25, 0.3) is 0 Å². The third-order valence-corrected chi connectivity index (χ3v) is 4.40. The molecule has 0 saturated carbocycles. The van der Waals surface area contributed by atoms with Crippen molar-refractivity contribution in [3.05, 3.63) is 52.4 Å². The van der Waals surface area contributed by atoms with Crippen molar-refractivity contribution < 1.29 is 14.7 Å². The van der Waals surface area contributed by atoms with E-state index in [9.17, 15) is 14.7 Å². The standard InChI is InChI=1S/C18H19NO3/c1-10-16(11(2)20)17(12-6-3-4-8-14(12)21)18-13(19-10)7-5-9-15(18)22/h3-4,6,8,17,19,21H,5,7,9H2,1-2H3. The molecule has 4 heteroatoms. The maximum atomic E-state index is 12.5. The number of para-hydroxylation sites is 1. The number of benzene rings is 1. The molecule has 1 atom stereocenters. The molecule has 0 radical (unpaired) electrons. The molecule has 0 bridgehead atoms. The number of hydrogen-bond acceptors (Lipinski definition) is 4. The fourth-order valence-corrected chi connectivity index (χ4v) is 3.49. The average molecular weight is 297 g/mol. The molecule has 0 saturated heterocycles. The number of dihydropyridines is 1. The van der Waals surface area contributed by atoms with E-state index < -0.39 is 5.92 Å². The monoisotopic (exact) mass is 297 g/mol. The summed E-state index contributed by atoms with van der Waals surface area (Å²) in [6.07, 6.45) is 2.11. The second-order valence-corrected chi connectivity index (χ2v) is 5.88. The lowest BCUT2D eigenvalue weighted by molar-refractivity contribution is -0.116. The van der Waals surface area contributed by atoms with Crippen LogP contribution < -0.4 is 5.32 Å². The summed E-state index contributed by atoms with van der Waals surface area (Å²) in [5.41, 5.74) is 3.50. The molecule has 0 spiro atoms. The van der Waals surface area contributed by atoms with E-state index in [1.807, 2.05) is 13.0 Å². The zero-order valence-electron chi connectivity index (χ0n) is 12.8. The Balaban J connectivity index is 2.24. The summed E-state index contributed by atoms with van der Waals surface area (Å²) in [5, 5.41) is 13.5. The fourth-order valence-electron chi connectivity index (χ4n) is 3.49. The topological polar surface area (TPSA) is 66.4 Å². The summed E-state index contributed by atoms with van der Waals surface area (Å²) >= 11 is 0. The minimum Gasteiger partial charge on any atom is -0.508 e. The molecule has 2 N–H and O–H groups in total. The molecule has 1 unspecified atom stereocenters. The first-order valence-corrected chi connectivity index (χ1v) is 7.53. The third-order valence-electron chi connectivity index (χ3n) is 4.40. The maximum Gasteiger partial charge on any atom is 0.161 e. The number of phenolic OH excluding ortho intramolecular Hbond substituents is 1. The quantitative estimate of drug-likeness (QED) is 0.881. The summed E-state index contributed by atoms with van der Waals surface area (Å²) in [4.78, 5) is 24.7. The summed E-state index contributed by atoms with van der Waals surface area (Å²) in [7, 11) is 0. The van der Waals surface area contributed by atoms with Gasteiger partial charge in [0, 0.05) is 40.4 Å². The van der Waals surface area contributed by atoms with Gasteiger partial charge in [-0.1, -0.05) is 18.2 Å². The summed E-state index contributed by atoms with van der Waals surface area (Å²) in [5.74, 6) is -0.370. The molecule has 22 heavy (non-hydrogen) atoms. The maximum absolute atomic E-state index is 12.5. The second-order valence-electron chi connectivity index (χ2n) is 5.88. The fraction of sp³-hybridized carbons (Fsp3) is 0.333. The first kappa shape index (κ1) is 14.6. The predicted molar refractivity (Wildman–Crippen MR) is 83.2 cm³/mol. The van der Waals surface area contributed by atoms with Gasteiger partial charge in [-0.05, 0) is 32.8 Å². The number of phenols is 1. The first-order chi connectivity index (χ1) is 10.5. The van der Waals surface area contributed by atoms with Crippen molar-refractivity contribution in [2.24, 2.45) is 0 Å². The summed E-state index contributed by atoms with van der Waals surface area (Å²) < 4.78 is 0. The van der Waals surface area contributed by atoms with E-state index in [0.717, 1.165) is 24.2 Å². The Labute approximate surface area is 129 Å². The van der Waals surface area contributed by atoms with Gasteiger partial charge in [-0.2, -0.15) is 0 Å². The Hall–Kier alpha value is -2.36. The molecule has 114 valence electrons. The van der Waals surface area contributed by atoms with E-state index in [0.29, 0.717) is 23.1 Å². The lowest BCUT2D eigenvalue weighted by Crippen LogP contribution is -2.33. The number of Topliss-reactive ketones (excluding diaryl/α,β-unsaturated/α-hetero) is 2. The van der Waals surface area contributed by atoms with E-state index in [-0.39, 0.29) is 17.3 Å². The van der Waals surface area contributed by atoms with Gasteiger partial charge in [0.05, 0.1) is 0 Å². The lowest BCUT2D eigenvalue weighted by Gasteiger charge is -2.34. The third kappa shape index (κ3) is 2.25. The normalized spacial score (nSPS) is 21.5. The summed E-state index contributed by atoms with van der Waals surface area (Å²) in [6.45, 7) is 3.36. The predicted octanol–water partition coefficient (Wildman–Crippen LogP) is 2.95. The van der Waals surface area contributed by atoms with Gasteiger partial charge >= 0.3 is 0 Å². The van der Waals surface area contributed by atoms with Crippen molar-refractivity contribution in [1.82, 2.24) is 5.32 Å². The van der Waals surface area contributed by atoms with E-state index in [4.69, 9.17) is 0 Å². The van der Waals surface area contributed by atoms with Crippen molar-refractivity contribution >= 4 is 11.6 Å². The van der Waals surface area contributed by atoms with E-state index in [2.05, 4.69) is 5.32 Å². The Kier molecular flexibility index (Phi) is 3.61. The van der Waals surface area contributed by atoms with Crippen LogP contribution in [0.5, 0.6) is 5.75 Å². The van der Waals surface area contributed by atoms with E-state index in [1.165, 1.54) is 6.92 Å². The summed E-state index contributed by atoms with van der Waals surface area (Å²) in [6, 6.07) is 6.94. The van der Waals surface area contributed by atoms with E-state index >= 15 is 0 Å². The zero-order chi connectivity index (χ0) is 15.9. The number of aromatic hydroxyl groups is 1. The number of nitrogens with one attached hydrogen (secondary N) is 1. The number of allylic oxidation sites excluding steroid dienone is 4. The van der Waals surface area contributed by atoms with Gasteiger partial charge in [-0.25, -0.2) is 0 Å². The highest BCUT2D eigenvalue weighted by Crippen LogP contribution is 2.44. The number of hydrogen-bond donors (Lipinski definition) is 2. The van der Waals surface area contributed by atoms with Crippen LogP contribution >= 0.6 is 0 Å². The molecule has 0 fully saturated rings. The molecule has 1 aromatic rings. The van der Waals surface area contributed by atoms with Gasteiger partial charge in [-0.3, -0.25) is 9.59 Å². The highest BCUT2D eigenvalue weighted by atomic mass is 16.3. The van der Waals surface area contributed by atoms with Crippen LogP contribution in [0.1, 0.15) is 44.6 Å². The van der Waals surface area contributed by atoms with Gasteiger partial charge in [0.2, 0.25) is 0 Å². The number of carbonyl (C=O) groups excluding carboxylic acids is 2. The van der Waals surface area contributed by atoms with Crippen molar-refractivity contribution in [3.8, 4) is 5.75 Å². The highest BCUT2D eigenvalue weighted by molar-refractivity contribution is 6.05. The average Bonchev–Trinajstić information content (AvgIpc) is 2.46. The molecule has 3 rings (SSSR count). The van der Waals surface area contributed by atoms with Crippen molar-refractivity contribution in [2.45, 2.75) is 39.0 Å². The van der Waals surface area contributed by atoms with Crippen LogP contribution in [0.2, 0.25) is 0 Å². The smallest absolute Gasteiger partial charge is 0.161 e. The number of ketones is 2. The van der Waals surface area contributed by atoms with Crippen LogP contribution in [0.15, 0.2) is 46.8 Å². The molecule has 0 aromatic heterocycles. The van der Waals surface area contributed by atoms with Gasteiger partial charge in [0.25, 0.3) is 0 Å². The van der Waals surface area contributed by atoms with Crippen molar-refractivity contribution in [2.75, 3.05) is 0 Å². The Morgan fingerprint density at radius 2 is 2.00 bits per heavy atom. The Morgan fingerprint density at radius 1 is 1.27 bits per heavy atom. The molecular formula is C18H19NO3. The lowest BCUT2D eigenvalue weighted by atomic mass is 9.74. The second kappa shape index (κ2) is 5.44. The van der Waals surface area contributed by atoms with Crippen LogP contribution in [0.3, 0.4) is 0 Å². The number of carbonyl (C=O) groups is 2. The Bertz CT molecular complexity index is 728. The van der Waals surface area contributed by atoms with Crippen LogP contribution in [-0.4, -0.2) is 16.7 Å². The first-order valence-electron chi connectivity index (χ1n) is 7.53. The minimum atomic E-state index is -0.470. The molecular weight excluding hydrogens is 278 g/mol. The van der Waals surface area contributed by atoms with Gasteiger partial charge in [-0.15, -0.1) is 0 Å². The minimum absolute atomic E-state index is 0.0632. The van der Waals surface area contributed by atoms with Crippen LogP contribution in [-0.2, 0) is 9.59 Å². The van der Waals surface area contributed by atoms with Crippen LogP contribution in [0, 0.1) is 0 Å². The van der Waals surface area contributed by atoms with Crippen molar-refractivity contribution in [3.63, 3.8) is 0 Å². The number of rotatable bonds is 2. The largest absolute Gasteiger partial charge is 0.508 e. The molecule has 1 heterocycles. The molecule has 0 amide bonds. The molecule has 1 aromatic carbocycles. The van der Waals surface area contributed by atoms with Gasteiger partial charge < -0.3 is 10.4 Å². The van der Waals surface area contributed by atoms with Gasteiger partial charge in [0.1, 0.15) is 5.75 Å². The highest BCUT2D eigenvalue weighted by Gasteiger charge is 2.38. The Morgan fingerprint density at radius 3 is 2.68 bits per heavy atom. The molecule has 1 aliphatic heterocycles. The molecule has 1 aliphatic carbocycles. The molecule has 2 aliphatic rings. The SMILES string of the molecule is CC(=O)C1=C(C)NC2=C(C(=O)CCC2)C1c1ccccc1O. The van der Waals surface area contributed by atoms with Crippen LogP contribution in [0.4, 0.5) is 0 Å². The zero-order valence-corrected chi connectivity index (χ0v) is 12.8. The van der Waals surface area contributed by atoms with E-state index in [1.54, 1.807) is 18.2 Å². The molecule has 4 nitrogen and oxygen atoms in total. The van der Waals surface area contributed by atoms with Crippen molar-refractivity contribution in [1.29, 1.82) is 0 Å².